The lowest BCUT2D eigenvalue weighted by molar-refractivity contribution is 0.800. The summed E-state index contributed by atoms with van der Waals surface area (Å²) in [4.78, 5) is 0. The van der Waals surface area contributed by atoms with Crippen LogP contribution in [0.1, 0.15) is 5.69 Å². The Balaban J connectivity index is 2.25. The lowest BCUT2D eigenvalue weighted by Gasteiger charge is -1.96. The summed E-state index contributed by atoms with van der Waals surface area (Å²) in [6, 6.07) is 9.99. The second kappa shape index (κ2) is 4.28. The van der Waals surface area contributed by atoms with E-state index < -0.39 is 0 Å². The molecule has 0 aliphatic heterocycles. The highest BCUT2D eigenvalue weighted by molar-refractivity contribution is 7.97. The van der Waals surface area contributed by atoms with Crippen LogP contribution < -0.4 is 0 Å². The maximum absolute atomic E-state index is 4.07. The van der Waals surface area contributed by atoms with Crippen LogP contribution in [-0.4, -0.2) is 21.2 Å². The Morgan fingerprint density at radius 1 is 1.29 bits per heavy atom. The molecule has 2 rings (SSSR count). The van der Waals surface area contributed by atoms with Crippen molar-refractivity contribution in [2.45, 2.75) is 5.75 Å². The van der Waals surface area contributed by atoms with Crippen LogP contribution in [0.3, 0.4) is 0 Å². The molecular weight excluding hydrogens is 194 g/mol. The number of rotatable bonds is 3. The van der Waals surface area contributed by atoms with Gasteiger partial charge in [-0.3, -0.25) is 0 Å². The van der Waals surface area contributed by atoms with Gasteiger partial charge in [0, 0.05) is 5.75 Å². The van der Waals surface area contributed by atoms with Gasteiger partial charge in [-0.2, -0.15) is 11.8 Å². The predicted molar refractivity (Wildman–Crippen MR) is 58.6 cm³/mol. The Hall–Kier alpha value is -1.29. The number of para-hydroxylation sites is 1. The van der Waals surface area contributed by atoms with Gasteiger partial charge in [0.25, 0.3) is 0 Å². The Kier molecular flexibility index (Phi) is 2.84. The van der Waals surface area contributed by atoms with Crippen LogP contribution in [0.2, 0.25) is 0 Å². The molecule has 0 unspecified atom stereocenters. The molecular formula is C10H11N3S. The maximum Gasteiger partial charge on any atom is 0.0930 e. The predicted octanol–water partition coefficient (Wildman–Crippen LogP) is 2.13. The highest BCUT2D eigenvalue weighted by Crippen LogP contribution is 2.09. The van der Waals surface area contributed by atoms with Crippen LogP contribution >= 0.6 is 11.8 Å². The number of nitrogens with zero attached hydrogens (tertiary/aromatic N) is 3. The van der Waals surface area contributed by atoms with Crippen molar-refractivity contribution in [1.82, 2.24) is 15.0 Å². The zero-order valence-corrected chi connectivity index (χ0v) is 8.74. The van der Waals surface area contributed by atoms with Crippen LogP contribution in [0, 0.1) is 0 Å². The van der Waals surface area contributed by atoms with E-state index in [1.165, 1.54) is 0 Å². The molecule has 0 fully saturated rings. The van der Waals surface area contributed by atoms with Gasteiger partial charge < -0.3 is 0 Å². The quantitative estimate of drug-likeness (QED) is 0.769. The Bertz CT molecular complexity index is 397. The zero-order valence-electron chi connectivity index (χ0n) is 7.92. The van der Waals surface area contributed by atoms with Crippen molar-refractivity contribution in [3.8, 4) is 5.69 Å². The average molecular weight is 205 g/mol. The number of aromatic nitrogens is 3. The smallest absolute Gasteiger partial charge is 0.0930 e. The fourth-order valence-corrected chi connectivity index (χ4v) is 1.65. The summed E-state index contributed by atoms with van der Waals surface area (Å²) in [6.45, 7) is 0. The maximum atomic E-state index is 4.07. The first-order valence-electron chi connectivity index (χ1n) is 4.36. The summed E-state index contributed by atoms with van der Waals surface area (Å²) in [5, 5.41) is 8.13. The average Bonchev–Trinajstić information content (AvgIpc) is 2.68. The molecule has 0 saturated heterocycles. The highest BCUT2D eigenvalue weighted by atomic mass is 32.2. The molecule has 0 amide bonds. The van der Waals surface area contributed by atoms with E-state index >= 15 is 0 Å². The molecule has 1 aromatic carbocycles. The van der Waals surface area contributed by atoms with E-state index in [1.54, 1.807) is 16.4 Å². The second-order valence-electron chi connectivity index (χ2n) is 2.92. The van der Waals surface area contributed by atoms with Crippen LogP contribution in [-0.2, 0) is 5.75 Å². The zero-order chi connectivity index (χ0) is 9.80. The summed E-state index contributed by atoms with van der Waals surface area (Å²) < 4.78 is 1.80. The molecule has 0 saturated carbocycles. The van der Waals surface area contributed by atoms with Crippen molar-refractivity contribution in [3.63, 3.8) is 0 Å². The molecule has 0 atom stereocenters. The van der Waals surface area contributed by atoms with Crippen LogP contribution in [0.4, 0.5) is 0 Å². The first kappa shape index (κ1) is 9.27. The minimum Gasteiger partial charge on any atom is -0.220 e. The lowest BCUT2D eigenvalue weighted by atomic mass is 10.3. The minimum absolute atomic E-state index is 0.910. The highest BCUT2D eigenvalue weighted by Gasteiger charge is 2.00. The molecule has 2 aromatic rings. The molecule has 0 spiro atoms. The molecule has 0 N–H and O–H groups in total. The summed E-state index contributed by atoms with van der Waals surface area (Å²) in [7, 11) is 0. The topological polar surface area (TPSA) is 30.7 Å². The van der Waals surface area contributed by atoms with Gasteiger partial charge in [0.1, 0.15) is 0 Å². The largest absolute Gasteiger partial charge is 0.220 e. The monoisotopic (exact) mass is 205 g/mol. The van der Waals surface area contributed by atoms with E-state index in [4.69, 9.17) is 0 Å². The van der Waals surface area contributed by atoms with Gasteiger partial charge in [-0.25, -0.2) is 4.68 Å². The van der Waals surface area contributed by atoms with E-state index in [2.05, 4.69) is 16.6 Å². The van der Waals surface area contributed by atoms with Gasteiger partial charge in [0.2, 0.25) is 0 Å². The van der Waals surface area contributed by atoms with E-state index in [9.17, 15) is 0 Å². The Morgan fingerprint density at radius 2 is 2.07 bits per heavy atom. The van der Waals surface area contributed by atoms with E-state index in [-0.39, 0.29) is 0 Å². The van der Waals surface area contributed by atoms with Crippen LogP contribution in [0.15, 0.2) is 36.5 Å². The standard InChI is InChI=1S/C10H11N3S/c1-14-8-9-7-13(12-11-9)10-5-3-2-4-6-10/h2-7H,8H2,1H3. The molecule has 3 nitrogen and oxygen atoms in total. The van der Waals surface area contributed by atoms with Crippen molar-refractivity contribution in [1.29, 1.82) is 0 Å². The summed E-state index contributed by atoms with van der Waals surface area (Å²) >= 11 is 1.75. The van der Waals surface area contributed by atoms with Crippen molar-refractivity contribution in [2.75, 3.05) is 6.26 Å². The minimum atomic E-state index is 0.910. The first-order valence-corrected chi connectivity index (χ1v) is 5.75. The van der Waals surface area contributed by atoms with Gasteiger partial charge in [0.15, 0.2) is 0 Å². The molecule has 0 radical (unpaired) electrons. The first-order chi connectivity index (χ1) is 6.90. The summed E-state index contributed by atoms with van der Waals surface area (Å²) in [6.07, 6.45) is 4.02. The summed E-state index contributed by atoms with van der Waals surface area (Å²) in [5.74, 6) is 0.910. The molecule has 0 bridgehead atoms. The Morgan fingerprint density at radius 3 is 2.79 bits per heavy atom. The fraction of sp³-hybridized carbons (Fsp3) is 0.200. The SMILES string of the molecule is CSCc1cn(-c2ccccc2)nn1. The molecule has 1 heterocycles. The van der Waals surface area contributed by atoms with Crippen molar-refractivity contribution in [2.24, 2.45) is 0 Å². The van der Waals surface area contributed by atoms with Crippen molar-refractivity contribution in [3.05, 3.63) is 42.2 Å². The van der Waals surface area contributed by atoms with Crippen molar-refractivity contribution < 1.29 is 0 Å². The molecule has 72 valence electrons. The fourth-order valence-electron chi connectivity index (χ4n) is 1.22. The molecule has 1 aromatic heterocycles. The molecule has 4 heteroatoms. The molecule has 0 aliphatic rings. The molecule has 0 aliphatic carbocycles. The van der Waals surface area contributed by atoms with E-state index in [0.29, 0.717) is 0 Å². The van der Waals surface area contributed by atoms with Gasteiger partial charge >= 0.3 is 0 Å². The lowest BCUT2D eigenvalue weighted by Crippen LogP contribution is -1.93. The van der Waals surface area contributed by atoms with Gasteiger partial charge in [-0.1, -0.05) is 23.4 Å². The van der Waals surface area contributed by atoms with Crippen molar-refractivity contribution >= 4 is 11.8 Å². The van der Waals surface area contributed by atoms with Crippen LogP contribution in [0.5, 0.6) is 0 Å². The van der Waals surface area contributed by atoms with Gasteiger partial charge in [-0.05, 0) is 18.4 Å². The number of benzene rings is 1. The third kappa shape index (κ3) is 1.96. The second-order valence-corrected chi connectivity index (χ2v) is 3.79. The third-order valence-electron chi connectivity index (χ3n) is 1.85. The van der Waals surface area contributed by atoms with Gasteiger partial charge in [0.05, 0.1) is 17.6 Å². The van der Waals surface area contributed by atoms with E-state index in [0.717, 1.165) is 17.1 Å². The van der Waals surface area contributed by atoms with E-state index in [1.807, 2.05) is 36.5 Å². The summed E-state index contributed by atoms with van der Waals surface area (Å²) in [5.41, 5.74) is 2.06. The number of hydrogen-bond acceptors (Lipinski definition) is 3. The molecule has 14 heavy (non-hydrogen) atoms. The van der Waals surface area contributed by atoms with Gasteiger partial charge in [-0.15, -0.1) is 5.10 Å². The number of hydrogen-bond donors (Lipinski definition) is 0. The van der Waals surface area contributed by atoms with Crippen LogP contribution in [0.25, 0.3) is 5.69 Å². The Labute approximate surface area is 87.1 Å². The number of thioether (sulfide) groups is 1. The third-order valence-corrected chi connectivity index (χ3v) is 2.44. The normalized spacial score (nSPS) is 10.4.